The van der Waals surface area contributed by atoms with Gasteiger partial charge in [0.1, 0.15) is 17.4 Å². The Morgan fingerprint density at radius 2 is 2.21 bits per heavy atom. The van der Waals surface area contributed by atoms with Gasteiger partial charge in [-0.1, -0.05) is 26.5 Å². The summed E-state index contributed by atoms with van der Waals surface area (Å²) in [4.78, 5) is 21.3. The van der Waals surface area contributed by atoms with Crippen LogP contribution in [0.4, 0.5) is 11.6 Å². The molecule has 0 radical (unpaired) electrons. The third-order valence-electron chi connectivity index (χ3n) is 5.77. The van der Waals surface area contributed by atoms with Gasteiger partial charge in [-0.25, -0.2) is 14.8 Å². The van der Waals surface area contributed by atoms with Gasteiger partial charge in [0.15, 0.2) is 0 Å². The maximum absolute atomic E-state index is 12.0. The third-order valence-corrected chi connectivity index (χ3v) is 6.46. The zero-order valence-corrected chi connectivity index (χ0v) is 21.2. The molecule has 1 aliphatic heterocycles. The Bertz CT molecular complexity index is 1070. The lowest BCUT2D eigenvalue weighted by Crippen LogP contribution is -2.22. The van der Waals surface area contributed by atoms with Gasteiger partial charge in [0, 0.05) is 23.7 Å². The minimum absolute atomic E-state index is 0.0316. The summed E-state index contributed by atoms with van der Waals surface area (Å²) in [5, 5.41) is 3.28. The van der Waals surface area contributed by atoms with Crippen molar-refractivity contribution in [2.45, 2.75) is 45.6 Å². The Hall–Kier alpha value is -2.84. The Balaban J connectivity index is 1.92. The minimum Gasteiger partial charge on any atom is -0.493 e. The monoisotopic (exact) mass is 482 g/mol. The Morgan fingerprint density at radius 1 is 1.41 bits per heavy atom. The van der Waals surface area contributed by atoms with Crippen molar-refractivity contribution in [3.63, 3.8) is 0 Å². The molecule has 2 aromatic rings. The highest BCUT2D eigenvalue weighted by molar-refractivity contribution is 7.98. The second-order valence-electron chi connectivity index (χ2n) is 8.25. The van der Waals surface area contributed by atoms with Gasteiger partial charge in [-0.3, -0.25) is 0 Å². The predicted molar refractivity (Wildman–Crippen MR) is 140 cm³/mol. The molecule has 3 heterocycles. The standard InChI is InChI=1S/C26H34N4O3S/c1-6-18(22(27)7-2)20-13-24(28-14-21(20)17(4)32-11-8-12-34-5)29-23-10-9-19-25(30-23)16(3)15-33-26(19)31/h6,9-10,13-14,16,22H,4,7-8,11-12,15,27H2,1-3,5H3,(H,28,29,30)/b18-6+. The van der Waals surface area contributed by atoms with Gasteiger partial charge in [-0.05, 0) is 61.1 Å². The number of anilines is 2. The topological polar surface area (TPSA) is 99.4 Å². The van der Waals surface area contributed by atoms with E-state index in [0.29, 0.717) is 36.2 Å². The molecule has 2 unspecified atom stereocenters. The number of esters is 1. The van der Waals surface area contributed by atoms with Crippen LogP contribution in [0.5, 0.6) is 0 Å². The molecule has 0 spiro atoms. The first-order valence-electron chi connectivity index (χ1n) is 11.6. The molecule has 0 aliphatic carbocycles. The molecule has 0 fully saturated rings. The fourth-order valence-corrected chi connectivity index (χ4v) is 4.24. The van der Waals surface area contributed by atoms with E-state index in [1.54, 1.807) is 30.1 Å². The zero-order chi connectivity index (χ0) is 24.7. The van der Waals surface area contributed by atoms with Crippen molar-refractivity contribution in [2.75, 3.05) is 30.5 Å². The van der Waals surface area contributed by atoms with Crippen molar-refractivity contribution in [3.05, 3.63) is 59.4 Å². The molecule has 0 saturated carbocycles. The number of thioether (sulfide) groups is 1. The molecule has 34 heavy (non-hydrogen) atoms. The van der Waals surface area contributed by atoms with Crippen molar-refractivity contribution in [3.8, 4) is 0 Å². The Kier molecular flexibility index (Phi) is 9.12. The molecule has 182 valence electrons. The number of pyridine rings is 2. The molecule has 0 amide bonds. The molecule has 0 saturated heterocycles. The summed E-state index contributed by atoms with van der Waals surface area (Å²) in [6.07, 6.45) is 7.62. The van der Waals surface area contributed by atoms with Crippen molar-refractivity contribution in [1.82, 2.24) is 9.97 Å². The lowest BCUT2D eigenvalue weighted by molar-refractivity contribution is 0.0445. The number of carbonyl (C=O) groups excluding carboxylic acids is 1. The van der Waals surface area contributed by atoms with E-state index in [9.17, 15) is 4.79 Å². The number of fused-ring (bicyclic) bond motifs is 1. The second-order valence-corrected chi connectivity index (χ2v) is 9.23. The van der Waals surface area contributed by atoms with E-state index in [1.807, 2.05) is 26.0 Å². The lowest BCUT2D eigenvalue weighted by Gasteiger charge is -2.22. The number of allylic oxidation sites excluding steroid dienone is 1. The lowest BCUT2D eigenvalue weighted by atomic mass is 9.93. The third kappa shape index (κ3) is 5.98. The van der Waals surface area contributed by atoms with Crippen molar-refractivity contribution in [2.24, 2.45) is 5.73 Å². The van der Waals surface area contributed by atoms with Gasteiger partial charge in [0.2, 0.25) is 0 Å². The van der Waals surface area contributed by atoms with Crippen molar-refractivity contribution < 1.29 is 14.3 Å². The molecule has 2 atom stereocenters. The summed E-state index contributed by atoms with van der Waals surface area (Å²) < 4.78 is 11.1. The molecule has 3 rings (SSSR count). The van der Waals surface area contributed by atoms with Crippen molar-refractivity contribution in [1.29, 1.82) is 0 Å². The van der Waals surface area contributed by atoms with E-state index in [1.165, 1.54) is 0 Å². The van der Waals surface area contributed by atoms with E-state index in [0.717, 1.165) is 41.0 Å². The van der Waals surface area contributed by atoms with Crippen LogP contribution < -0.4 is 11.1 Å². The van der Waals surface area contributed by atoms with Crippen LogP contribution in [0.3, 0.4) is 0 Å². The van der Waals surface area contributed by atoms with E-state index < -0.39 is 0 Å². The maximum Gasteiger partial charge on any atom is 0.340 e. The molecule has 1 aliphatic rings. The fourth-order valence-electron chi connectivity index (χ4n) is 3.83. The molecule has 8 heteroatoms. The summed E-state index contributed by atoms with van der Waals surface area (Å²) in [5.74, 6) is 2.54. The molecule has 0 aromatic carbocycles. The van der Waals surface area contributed by atoms with Crippen LogP contribution in [-0.4, -0.2) is 47.2 Å². The van der Waals surface area contributed by atoms with Crippen LogP contribution in [-0.2, 0) is 9.47 Å². The number of rotatable bonds is 11. The Labute approximate surface area is 206 Å². The molecule has 0 bridgehead atoms. The van der Waals surface area contributed by atoms with Crippen LogP contribution in [0.25, 0.3) is 11.3 Å². The van der Waals surface area contributed by atoms with Crippen molar-refractivity contribution >= 4 is 40.7 Å². The average molecular weight is 483 g/mol. The maximum atomic E-state index is 12.0. The van der Waals surface area contributed by atoms with Crippen LogP contribution in [0.15, 0.2) is 37.1 Å². The zero-order valence-electron chi connectivity index (χ0n) is 20.4. The molecule has 7 nitrogen and oxygen atoms in total. The first-order valence-corrected chi connectivity index (χ1v) is 13.0. The number of nitrogens with one attached hydrogen (secondary N) is 1. The molecular weight excluding hydrogens is 448 g/mol. The van der Waals surface area contributed by atoms with Gasteiger partial charge in [0.25, 0.3) is 0 Å². The van der Waals surface area contributed by atoms with Crippen LogP contribution in [0.1, 0.15) is 66.7 Å². The van der Waals surface area contributed by atoms with E-state index in [2.05, 4.69) is 35.0 Å². The minimum atomic E-state index is -0.334. The normalized spacial score (nSPS) is 16.4. The SMILES string of the molecule is C=C(OCCCSC)c1cnc(Nc2ccc3c(n2)C(C)COC3=O)cc1/C(=C\C)C(N)CC. The van der Waals surface area contributed by atoms with Crippen LogP contribution in [0.2, 0.25) is 0 Å². The van der Waals surface area contributed by atoms with Gasteiger partial charge in [-0.2, -0.15) is 11.8 Å². The number of hydrogen-bond acceptors (Lipinski definition) is 8. The highest BCUT2D eigenvalue weighted by Gasteiger charge is 2.26. The van der Waals surface area contributed by atoms with Gasteiger partial charge in [0.05, 0.1) is 24.5 Å². The van der Waals surface area contributed by atoms with Gasteiger partial charge < -0.3 is 20.5 Å². The summed E-state index contributed by atoms with van der Waals surface area (Å²) in [6, 6.07) is 5.33. The predicted octanol–water partition coefficient (Wildman–Crippen LogP) is 5.38. The van der Waals surface area contributed by atoms with Crippen LogP contribution >= 0.6 is 11.8 Å². The number of nitrogens with two attached hydrogens (primary N) is 1. The number of nitrogens with zero attached hydrogens (tertiary/aromatic N) is 2. The second kappa shape index (κ2) is 12.0. The highest BCUT2D eigenvalue weighted by atomic mass is 32.2. The smallest absolute Gasteiger partial charge is 0.340 e. The summed E-state index contributed by atoms with van der Waals surface area (Å²) >= 11 is 1.79. The van der Waals surface area contributed by atoms with Crippen LogP contribution in [0, 0.1) is 0 Å². The highest BCUT2D eigenvalue weighted by Crippen LogP contribution is 2.31. The number of aromatic nitrogens is 2. The van der Waals surface area contributed by atoms with E-state index in [-0.39, 0.29) is 17.9 Å². The first kappa shape index (κ1) is 25.8. The largest absolute Gasteiger partial charge is 0.493 e. The van der Waals surface area contributed by atoms with E-state index >= 15 is 0 Å². The fraction of sp³-hybridized carbons (Fsp3) is 0.423. The quantitative estimate of drug-likeness (QED) is 0.250. The number of carbonyl (C=O) groups is 1. The first-order chi connectivity index (χ1) is 16.4. The average Bonchev–Trinajstić information content (AvgIpc) is 2.84. The summed E-state index contributed by atoms with van der Waals surface area (Å²) in [5.41, 5.74) is 10.4. The number of ether oxygens (including phenoxy) is 2. The number of cyclic esters (lactones) is 1. The number of hydrogen-bond donors (Lipinski definition) is 2. The van der Waals surface area contributed by atoms with Gasteiger partial charge >= 0.3 is 5.97 Å². The summed E-state index contributed by atoms with van der Waals surface area (Å²) in [6.45, 7) is 11.1. The molecule has 3 N–H and O–H groups in total. The molecule has 2 aromatic heterocycles. The molecular formula is C26H34N4O3S. The van der Waals surface area contributed by atoms with E-state index in [4.69, 9.17) is 15.2 Å². The van der Waals surface area contributed by atoms with Gasteiger partial charge in [-0.15, -0.1) is 0 Å². The summed E-state index contributed by atoms with van der Waals surface area (Å²) in [7, 11) is 0. The Morgan fingerprint density at radius 3 is 2.91 bits per heavy atom.